The zero-order valence-electron chi connectivity index (χ0n) is 21.3. The Kier molecular flexibility index (Phi) is 7.08. The van der Waals surface area contributed by atoms with E-state index in [1.807, 2.05) is 0 Å². The molecule has 0 aliphatic rings. The predicted octanol–water partition coefficient (Wildman–Crippen LogP) is 7.25. The van der Waals surface area contributed by atoms with Crippen molar-refractivity contribution in [2.75, 3.05) is 0 Å². The molecule has 3 heteroatoms. The average Bonchev–Trinajstić information content (AvgIpc) is 2.68. The number of hydrogen-bond acceptors (Lipinski definition) is 1. The summed E-state index contributed by atoms with van der Waals surface area (Å²) in [6.07, 6.45) is 0. The van der Waals surface area contributed by atoms with Gasteiger partial charge in [-0.05, 0) is 66.2 Å². The van der Waals surface area contributed by atoms with E-state index in [1.54, 1.807) is 0 Å². The molecule has 0 heterocycles. The van der Waals surface area contributed by atoms with Crippen molar-refractivity contribution < 1.29 is 4.43 Å². The summed E-state index contributed by atoms with van der Waals surface area (Å²) in [6.45, 7) is 20.7. The molecule has 0 bridgehead atoms. The molecule has 0 radical (unpaired) electrons. The Morgan fingerprint density at radius 1 is 0.656 bits per heavy atom. The molecule has 0 aromatic heterocycles. The van der Waals surface area contributed by atoms with Crippen LogP contribution in [0.4, 0.5) is 0 Å². The van der Waals surface area contributed by atoms with Gasteiger partial charge in [0, 0.05) is 5.30 Å². The zero-order valence-corrected chi connectivity index (χ0v) is 23.2. The van der Waals surface area contributed by atoms with E-state index in [4.69, 9.17) is 4.43 Å². The van der Waals surface area contributed by atoms with Crippen molar-refractivity contribution >= 4 is 32.2 Å². The summed E-state index contributed by atoms with van der Waals surface area (Å²) < 4.78 is 6.94. The summed E-state index contributed by atoms with van der Waals surface area (Å²) in [5.41, 5.74) is 2.74. The quantitative estimate of drug-likeness (QED) is 0.286. The van der Waals surface area contributed by atoms with Crippen molar-refractivity contribution in [3.63, 3.8) is 0 Å². The molecule has 3 aromatic carbocycles. The van der Waals surface area contributed by atoms with Crippen molar-refractivity contribution in [3.05, 3.63) is 83.9 Å². The van der Waals surface area contributed by atoms with Gasteiger partial charge in [-0.2, -0.15) is 0 Å². The van der Waals surface area contributed by atoms with Crippen molar-refractivity contribution in [2.45, 2.75) is 72.0 Å². The minimum atomic E-state index is -1.84. The first kappa shape index (κ1) is 24.7. The molecule has 3 rings (SSSR count). The Morgan fingerprint density at radius 2 is 1.12 bits per heavy atom. The monoisotopic (exact) mass is 462 g/mol. The third-order valence-corrected chi connectivity index (χ3v) is 8.68. The largest absolute Gasteiger partial charge is 0.544 e. The molecule has 0 saturated carbocycles. The molecular weight excluding hydrogens is 423 g/mol. The van der Waals surface area contributed by atoms with Gasteiger partial charge in [-0.3, -0.25) is 0 Å². The molecule has 0 atom stereocenters. The first-order chi connectivity index (χ1) is 14.8. The molecule has 0 saturated heterocycles. The molecule has 0 unspecified atom stereocenters. The van der Waals surface area contributed by atoms with Crippen LogP contribution in [-0.4, -0.2) is 8.32 Å². The minimum Gasteiger partial charge on any atom is -0.544 e. The van der Waals surface area contributed by atoms with Crippen LogP contribution < -0.4 is 20.3 Å². The fourth-order valence-electron chi connectivity index (χ4n) is 3.76. The molecule has 0 aliphatic carbocycles. The lowest BCUT2D eigenvalue weighted by molar-refractivity contribution is 0.507. The van der Waals surface area contributed by atoms with Gasteiger partial charge in [-0.1, -0.05) is 108 Å². The molecule has 170 valence electrons. The van der Waals surface area contributed by atoms with E-state index in [-0.39, 0.29) is 10.8 Å². The first-order valence-corrected chi connectivity index (χ1v) is 16.3. The highest BCUT2D eigenvalue weighted by Gasteiger charge is 2.32. The summed E-state index contributed by atoms with van der Waals surface area (Å²) in [6, 6.07) is 26.8. The summed E-state index contributed by atoms with van der Waals surface area (Å²) in [7, 11) is -2.59. The fraction of sp³-hybridized carbons (Fsp3) is 0.379. The van der Waals surface area contributed by atoms with E-state index in [0.29, 0.717) is 0 Å². The van der Waals surface area contributed by atoms with Crippen LogP contribution in [0.1, 0.15) is 52.7 Å². The van der Waals surface area contributed by atoms with Crippen molar-refractivity contribution in [3.8, 4) is 5.75 Å². The number of rotatable bonds is 5. The summed E-state index contributed by atoms with van der Waals surface area (Å²) in [5, 5.41) is 4.07. The summed E-state index contributed by atoms with van der Waals surface area (Å²) in [4.78, 5) is 0. The number of hydrogen-bond donors (Lipinski definition) is 0. The van der Waals surface area contributed by atoms with Crippen LogP contribution in [0.2, 0.25) is 19.6 Å². The van der Waals surface area contributed by atoms with Crippen LogP contribution in [0.15, 0.2) is 72.8 Å². The van der Waals surface area contributed by atoms with Crippen LogP contribution in [0.5, 0.6) is 5.75 Å². The molecule has 0 amide bonds. The Labute approximate surface area is 198 Å². The van der Waals surface area contributed by atoms with Crippen molar-refractivity contribution in [1.29, 1.82) is 0 Å². The molecule has 32 heavy (non-hydrogen) atoms. The van der Waals surface area contributed by atoms with Gasteiger partial charge < -0.3 is 4.43 Å². The number of benzene rings is 3. The second kappa shape index (κ2) is 9.16. The van der Waals surface area contributed by atoms with E-state index in [9.17, 15) is 0 Å². The molecule has 0 spiro atoms. The maximum Gasteiger partial charge on any atom is 0.242 e. The SMILES string of the molecule is CC(C)(C)c1cc(P(c2ccccc2)c2ccccc2)c(O[Si](C)(C)C)c(C(C)(C)C)c1. The van der Waals surface area contributed by atoms with Crippen molar-refractivity contribution in [1.82, 2.24) is 0 Å². The van der Waals surface area contributed by atoms with Crippen LogP contribution >= 0.6 is 7.92 Å². The van der Waals surface area contributed by atoms with E-state index in [2.05, 4.69) is 134 Å². The normalized spacial score (nSPS) is 12.8. The van der Waals surface area contributed by atoms with Crippen LogP contribution in [0, 0.1) is 0 Å². The maximum atomic E-state index is 6.94. The van der Waals surface area contributed by atoms with Gasteiger partial charge in [0.1, 0.15) is 5.75 Å². The van der Waals surface area contributed by atoms with Gasteiger partial charge in [0.15, 0.2) is 0 Å². The lowest BCUT2D eigenvalue weighted by Crippen LogP contribution is -2.35. The minimum absolute atomic E-state index is 0.0145. The first-order valence-electron chi connectivity index (χ1n) is 11.6. The third-order valence-electron chi connectivity index (χ3n) is 5.42. The Balaban J connectivity index is 2.43. The smallest absolute Gasteiger partial charge is 0.242 e. The van der Waals surface area contributed by atoms with Crippen LogP contribution in [0.25, 0.3) is 0 Å². The summed E-state index contributed by atoms with van der Waals surface area (Å²) in [5.74, 6) is 1.11. The zero-order chi connectivity index (χ0) is 23.7. The van der Waals surface area contributed by atoms with Gasteiger partial charge in [-0.15, -0.1) is 0 Å². The Hall–Kier alpha value is -1.89. The highest BCUT2D eigenvalue weighted by molar-refractivity contribution is 7.80. The fourth-order valence-corrected chi connectivity index (χ4v) is 7.12. The molecule has 3 aromatic rings. The third kappa shape index (κ3) is 5.91. The highest BCUT2D eigenvalue weighted by Crippen LogP contribution is 2.43. The van der Waals surface area contributed by atoms with E-state index in [0.717, 1.165) is 5.75 Å². The Bertz CT molecular complexity index is 999. The summed E-state index contributed by atoms with van der Waals surface area (Å²) >= 11 is 0. The van der Waals surface area contributed by atoms with Gasteiger partial charge in [0.25, 0.3) is 0 Å². The van der Waals surface area contributed by atoms with Gasteiger partial charge in [-0.25, -0.2) is 0 Å². The predicted molar refractivity (Wildman–Crippen MR) is 147 cm³/mol. The second-order valence-corrected chi connectivity index (χ2v) is 18.2. The highest BCUT2D eigenvalue weighted by atomic mass is 31.1. The lowest BCUT2D eigenvalue weighted by atomic mass is 9.80. The lowest BCUT2D eigenvalue weighted by Gasteiger charge is -2.34. The van der Waals surface area contributed by atoms with Gasteiger partial charge >= 0.3 is 0 Å². The van der Waals surface area contributed by atoms with E-state index >= 15 is 0 Å². The topological polar surface area (TPSA) is 9.23 Å². The van der Waals surface area contributed by atoms with E-state index < -0.39 is 16.2 Å². The average molecular weight is 463 g/mol. The molecule has 0 N–H and O–H groups in total. The Morgan fingerprint density at radius 3 is 1.50 bits per heavy atom. The standard InChI is InChI=1S/C29H39OPSi/c1-28(2,3)22-20-25(29(4,5)6)27(30-32(7,8)9)26(21-22)31(23-16-12-10-13-17-23)24-18-14-11-15-19-24/h10-21H,1-9H3. The van der Waals surface area contributed by atoms with Gasteiger partial charge in [0.05, 0.1) is 0 Å². The van der Waals surface area contributed by atoms with Crippen molar-refractivity contribution in [2.24, 2.45) is 0 Å². The van der Waals surface area contributed by atoms with Crippen LogP contribution in [-0.2, 0) is 10.8 Å². The second-order valence-electron chi connectivity index (χ2n) is 11.6. The maximum absolute atomic E-state index is 6.94. The van der Waals surface area contributed by atoms with Gasteiger partial charge in [0.2, 0.25) is 8.32 Å². The molecule has 0 fully saturated rings. The molecular formula is C29H39OPSi. The van der Waals surface area contributed by atoms with Crippen LogP contribution in [0.3, 0.4) is 0 Å². The van der Waals surface area contributed by atoms with E-state index in [1.165, 1.54) is 27.0 Å². The molecule has 0 aliphatic heterocycles. The molecule has 1 nitrogen and oxygen atoms in total.